The van der Waals surface area contributed by atoms with Crippen molar-refractivity contribution in [2.45, 2.75) is 32.3 Å². The molecule has 37 heavy (non-hydrogen) atoms. The van der Waals surface area contributed by atoms with Gasteiger partial charge in [0.25, 0.3) is 5.84 Å². The van der Waals surface area contributed by atoms with E-state index in [9.17, 15) is 9.59 Å². The van der Waals surface area contributed by atoms with Crippen LogP contribution < -0.4 is 16.3 Å². The molecule has 1 unspecified atom stereocenters. The molecule has 9 nitrogen and oxygen atoms in total. The lowest BCUT2D eigenvalue weighted by Crippen LogP contribution is -2.53. The molecule has 0 bridgehead atoms. The summed E-state index contributed by atoms with van der Waals surface area (Å²) in [6, 6.07) is 17.7. The number of nitrogens with two attached hydrogens (primary N) is 2. The third-order valence-corrected chi connectivity index (χ3v) is 7.44. The zero-order chi connectivity index (χ0) is 26.0. The summed E-state index contributed by atoms with van der Waals surface area (Å²) < 4.78 is 10.8. The highest BCUT2D eigenvalue weighted by Crippen LogP contribution is 2.46. The van der Waals surface area contributed by atoms with Gasteiger partial charge in [-0.05, 0) is 49.4 Å². The van der Waals surface area contributed by atoms with Crippen LogP contribution in [0.15, 0.2) is 88.4 Å². The summed E-state index contributed by atoms with van der Waals surface area (Å²) in [6.45, 7) is 0.449. The Bertz CT molecular complexity index is 1340. The molecule has 5 rings (SSSR count). The number of aliphatic imine (C=N–C) groups is 2. The molecule has 2 aromatic rings. The van der Waals surface area contributed by atoms with E-state index in [-0.39, 0.29) is 10.5 Å². The summed E-state index contributed by atoms with van der Waals surface area (Å²) in [5, 5.41) is 0. The summed E-state index contributed by atoms with van der Waals surface area (Å²) in [7, 11) is 1.28. The summed E-state index contributed by atoms with van der Waals surface area (Å²) in [6.07, 6.45) is 6.87. The number of carbonyl (C=O) groups excluding carboxylic acids is 2. The number of allylic oxidation sites excluding steroid dienone is 2. The van der Waals surface area contributed by atoms with Gasteiger partial charge in [-0.2, -0.15) is 10.8 Å². The van der Waals surface area contributed by atoms with Gasteiger partial charge in [0.2, 0.25) is 11.6 Å². The Morgan fingerprint density at radius 1 is 1.11 bits per heavy atom. The van der Waals surface area contributed by atoms with E-state index in [1.165, 1.54) is 7.11 Å². The van der Waals surface area contributed by atoms with E-state index in [4.69, 9.17) is 26.0 Å². The van der Waals surface area contributed by atoms with E-state index in [0.717, 1.165) is 22.5 Å². The standard InChI is InChI=1S/C28H29N5O4/c1-36-27(35)28(26(29)34)12-10-20(11-13-28)24-23-17-31-14-15-33(23,30)25(32-24)21-8-5-9-22(16-21)37-18-19-6-3-2-4-7-19/h2-9,14-17,20H,10-13,18,30H2,1H3,(H-,29,34)/p+1. The van der Waals surface area contributed by atoms with Crippen LogP contribution in [0.3, 0.4) is 0 Å². The monoisotopic (exact) mass is 500 g/mol. The fraction of sp³-hybridized carbons (Fsp3) is 0.286. The van der Waals surface area contributed by atoms with Gasteiger partial charge in [0.05, 0.1) is 25.1 Å². The molecule has 4 N–H and O–H groups in total. The second-order valence-corrected chi connectivity index (χ2v) is 9.57. The fourth-order valence-electron chi connectivity index (χ4n) is 5.30. The number of amides is 1. The van der Waals surface area contributed by atoms with Crippen molar-refractivity contribution in [1.29, 1.82) is 0 Å². The molecule has 1 atom stereocenters. The molecular weight excluding hydrogens is 470 g/mol. The predicted octanol–water partition coefficient (Wildman–Crippen LogP) is 3.32. The molecule has 1 aliphatic carbocycles. The first-order valence-electron chi connectivity index (χ1n) is 12.2. The average Bonchev–Trinajstić information content (AvgIpc) is 3.25. The number of benzene rings is 2. The molecule has 0 aromatic heterocycles. The SMILES string of the molecule is COC(=O)C1(C(N)=O)CCC(C2=C3C=NC=C[N+]3(N)C(c3cccc(OCc4ccccc4)c3)=N2)CC1. The van der Waals surface area contributed by atoms with Gasteiger partial charge in [-0.25, -0.2) is 0 Å². The van der Waals surface area contributed by atoms with E-state index in [2.05, 4.69) is 4.99 Å². The van der Waals surface area contributed by atoms with Gasteiger partial charge in [-0.1, -0.05) is 36.4 Å². The summed E-state index contributed by atoms with van der Waals surface area (Å²) >= 11 is 0. The molecule has 9 heteroatoms. The van der Waals surface area contributed by atoms with E-state index < -0.39 is 17.3 Å². The van der Waals surface area contributed by atoms with Crippen molar-refractivity contribution in [3.63, 3.8) is 0 Å². The number of primary amides is 1. The second kappa shape index (κ2) is 9.76. The molecule has 0 spiro atoms. The lowest BCUT2D eigenvalue weighted by molar-refractivity contribution is -0.750. The molecule has 2 aliphatic heterocycles. The highest BCUT2D eigenvalue weighted by atomic mass is 16.5. The van der Waals surface area contributed by atoms with Gasteiger partial charge < -0.3 is 15.2 Å². The van der Waals surface area contributed by atoms with E-state index in [0.29, 0.717) is 43.9 Å². The molecular formula is C28H30N5O4+. The maximum absolute atomic E-state index is 12.4. The number of amidine groups is 1. The van der Waals surface area contributed by atoms with Crippen LogP contribution in [-0.4, -0.2) is 35.6 Å². The summed E-state index contributed by atoms with van der Waals surface area (Å²) in [5.41, 5.74) is 7.81. The first-order valence-corrected chi connectivity index (χ1v) is 12.2. The minimum absolute atomic E-state index is 0.0128. The van der Waals surface area contributed by atoms with Crippen molar-refractivity contribution >= 4 is 23.9 Å². The Balaban J connectivity index is 1.42. The largest absolute Gasteiger partial charge is 0.489 e. The van der Waals surface area contributed by atoms with Crippen LogP contribution in [0, 0.1) is 11.3 Å². The molecule has 0 radical (unpaired) electrons. The average molecular weight is 501 g/mol. The molecule has 2 heterocycles. The minimum Gasteiger partial charge on any atom is -0.489 e. The van der Waals surface area contributed by atoms with Crippen LogP contribution in [0.4, 0.5) is 0 Å². The van der Waals surface area contributed by atoms with Crippen molar-refractivity contribution in [3.05, 3.63) is 89.5 Å². The summed E-state index contributed by atoms with van der Waals surface area (Å²) in [5.74, 6) is 7.03. The van der Waals surface area contributed by atoms with Crippen molar-refractivity contribution in [1.82, 2.24) is 0 Å². The number of fused-ring (bicyclic) bond motifs is 1. The molecule has 2 aromatic carbocycles. The number of quaternary nitrogens is 1. The van der Waals surface area contributed by atoms with Gasteiger partial charge >= 0.3 is 5.97 Å². The Morgan fingerprint density at radius 3 is 2.57 bits per heavy atom. The van der Waals surface area contributed by atoms with Gasteiger partial charge in [0, 0.05) is 5.92 Å². The number of hydrogen-bond acceptors (Lipinski definition) is 7. The van der Waals surface area contributed by atoms with E-state index >= 15 is 0 Å². The third-order valence-electron chi connectivity index (χ3n) is 7.44. The highest BCUT2D eigenvalue weighted by Gasteiger charge is 2.51. The lowest BCUT2D eigenvalue weighted by Gasteiger charge is -2.35. The quantitative estimate of drug-likeness (QED) is 0.261. The van der Waals surface area contributed by atoms with Gasteiger partial charge in [0.15, 0.2) is 0 Å². The van der Waals surface area contributed by atoms with Crippen LogP contribution in [-0.2, 0) is 20.9 Å². The minimum atomic E-state index is -1.30. The zero-order valence-electron chi connectivity index (χ0n) is 20.7. The Labute approximate surface area is 215 Å². The molecule has 190 valence electrons. The first kappa shape index (κ1) is 24.6. The van der Waals surface area contributed by atoms with Gasteiger partial charge in [0.1, 0.15) is 29.7 Å². The highest BCUT2D eigenvalue weighted by molar-refractivity contribution is 6.02. The van der Waals surface area contributed by atoms with Gasteiger partial charge in [-0.15, -0.1) is 4.59 Å². The maximum atomic E-state index is 12.4. The Kier molecular flexibility index (Phi) is 6.49. The molecule has 1 saturated carbocycles. The van der Waals surface area contributed by atoms with Crippen molar-refractivity contribution in [2.24, 2.45) is 32.9 Å². The molecule has 0 saturated heterocycles. The van der Waals surface area contributed by atoms with Crippen molar-refractivity contribution < 1.29 is 23.7 Å². The zero-order valence-corrected chi connectivity index (χ0v) is 20.7. The Hall–Kier alpha value is -4.08. The molecule has 1 fully saturated rings. The molecule has 3 aliphatic rings. The number of nitrogens with zero attached hydrogens (tertiary/aromatic N) is 3. The lowest BCUT2D eigenvalue weighted by atomic mass is 9.69. The number of hydrogen-bond donors (Lipinski definition) is 2. The van der Waals surface area contributed by atoms with Crippen LogP contribution in [0.1, 0.15) is 36.8 Å². The fourth-order valence-corrected chi connectivity index (χ4v) is 5.30. The normalized spacial score (nSPS) is 26.4. The van der Waals surface area contributed by atoms with E-state index in [1.54, 1.807) is 18.6 Å². The number of carbonyl (C=O) groups is 2. The first-order chi connectivity index (χ1) is 17.9. The van der Waals surface area contributed by atoms with Crippen molar-refractivity contribution in [2.75, 3.05) is 7.11 Å². The topological polar surface area (TPSA) is 129 Å². The van der Waals surface area contributed by atoms with Crippen LogP contribution in [0.25, 0.3) is 0 Å². The van der Waals surface area contributed by atoms with Gasteiger partial charge in [-0.3, -0.25) is 14.6 Å². The maximum Gasteiger partial charge on any atom is 0.321 e. The van der Waals surface area contributed by atoms with Crippen LogP contribution in [0.2, 0.25) is 0 Å². The second-order valence-electron chi connectivity index (χ2n) is 9.57. The number of ether oxygens (including phenoxy) is 2. The predicted molar refractivity (Wildman–Crippen MR) is 138 cm³/mol. The van der Waals surface area contributed by atoms with Crippen LogP contribution in [0.5, 0.6) is 5.75 Å². The van der Waals surface area contributed by atoms with Crippen molar-refractivity contribution in [3.8, 4) is 5.75 Å². The smallest absolute Gasteiger partial charge is 0.321 e. The number of methoxy groups -OCH3 is 1. The van der Waals surface area contributed by atoms with Crippen LogP contribution >= 0.6 is 0 Å². The number of rotatable bonds is 7. The Morgan fingerprint density at radius 2 is 1.86 bits per heavy atom. The molecule has 1 amide bonds. The summed E-state index contributed by atoms with van der Waals surface area (Å²) in [4.78, 5) is 34.0. The number of esters is 1. The van der Waals surface area contributed by atoms with E-state index in [1.807, 2.05) is 54.6 Å². The third kappa shape index (κ3) is 4.36.